The largest absolute Gasteiger partial charge is 0.796 e. The van der Waals surface area contributed by atoms with Gasteiger partial charge in [-0.2, -0.15) is 0 Å². The zero-order chi connectivity index (χ0) is 27.1. The van der Waals surface area contributed by atoms with Crippen LogP contribution in [0.1, 0.15) is 19.4 Å². The summed E-state index contributed by atoms with van der Waals surface area (Å²) in [5.74, 6) is -3.94. The molecule has 156 valence electrons. The number of halogens is 4. The number of ether oxygens (including phenoxy) is 2. The molecular formula is C21H17BF4O4. The molecule has 0 bridgehead atoms. The number of rotatable bonds is 9. The predicted molar refractivity (Wildman–Crippen MR) is 106 cm³/mol. The third-order valence-corrected chi connectivity index (χ3v) is 3.54. The van der Waals surface area contributed by atoms with Crippen molar-refractivity contribution in [2.45, 2.75) is 0 Å². The van der Waals surface area contributed by atoms with E-state index in [-0.39, 0.29) is 16.9 Å². The molecule has 0 aliphatic heterocycles. The van der Waals surface area contributed by atoms with Crippen LogP contribution in [0.15, 0.2) is 60.4 Å². The fourth-order valence-electron chi connectivity index (χ4n) is 2.22. The van der Waals surface area contributed by atoms with E-state index in [1.165, 1.54) is 0 Å². The van der Waals surface area contributed by atoms with Crippen LogP contribution in [-0.2, 0) is 9.45 Å². The zero-order valence-electron chi connectivity index (χ0n) is 21.1. The highest BCUT2D eigenvalue weighted by atomic mass is 19.2. The number of benzene rings is 2. The fraction of sp³-hybridized carbons (Fsp3) is 0.0952. The van der Waals surface area contributed by atoms with Crippen LogP contribution >= 0.6 is 0 Å². The van der Waals surface area contributed by atoms with Gasteiger partial charge in [-0.1, -0.05) is 0 Å². The van der Waals surface area contributed by atoms with E-state index in [0.717, 1.165) is 60.7 Å². The van der Waals surface area contributed by atoms with Gasteiger partial charge in [0.1, 0.15) is 28.9 Å². The molecular weight excluding hydrogens is 403 g/mol. The van der Waals surface area contributed by atoms with Crippen molar-refractivity contribution in [2.24, 2.45) is 0 Å². The molecule has 0 fully saturated rings. The first-order valence-corrected chi connectivity index (χ1v) is 8.15. The fourth-order valence-corrected chi connectivity index (χ4v) is 2.22. The molecule has 0 radical (unpaired) electrons. The van der Waals surface area contributed by atoms with E-state index in [9.17, 15) is 22.2 Å². The van der Waals surface area contributed by atoms with Gasteiger partial charge >= 0.3 is 7.47 Å². The van der Waals surface area contributed by atoms with Crippen molar-refractivity contribution in [3.63, 3.8) is 0 Å². The zero-order valence-corrected chi connectivity index (χ0v) is 15.1. The second kappa shape index (κ2) is 10.9. The molecule has 2 rings (SSSR count). The lowest BCUT2D eigenvalue weighted by molar-refractivity contribution is -0.110. The molecule has 0 N–H and O–H groups in total. The van der Waals surface area contributed by atoms with Crippen molar-refractivity contribution < 1.29 is 44.6 Å². The number of carbonyl (C=O) groups is 1. The van der Waals surface area contributed by atoms with Gasteiger partial charge < -0.3 is 14.1 Å². The number of carbonyl (C=O) groups excluding carboxylic acids is 1. The Balaban J connectivity index is 2.32. The van der Waals surface area contributed by atoms with Gasteiger partial charge in [0.2, 0.25) is 0 Å². The summed E-state index contributed by atoms with van der Waals surface area (Å²) in [5, 5.41) is 0. The summed E-state index contributed by atoms with van der Waals surface area (Å²) >= 11 is 0. The monoisotopic (exact) mass is 426 g/mol. The van der Waals surface area contributed by atoms with Gasteiger partial charge in [-0.15, -0.1) is 0 Å². The molecule has 0 aliphatic rings. The van der Waals surface area contributed by atoms with E-state index in [1.807, 2.05) is 0 Å². The molecule has 2 aromatic rings. The maximum atomic E-state index is 13.5. The highest BCUT2D eigenvalue weighted by Crippen LogP contribution is 2.23. The Labute approximate surface area is 179 Å². The number of allylic oxidation sites excluding steroid dienone is 3. The molecule has 0 heterocycles. The van der Waals surface area contributed by atoms with Crippen molar-refractivity contribution >= 4 is 25.4 Å². The van der Waals surface area contributed by atoms with Crippen molar-refractivity contribution in [3.8, 4) is 11.5 Å². The van der Waals surface area contributed by atoms with Gasteiger partial charge in [-0.05, 0) is 48.6 Å². The summed E-state index contributed by atoms with van der Waals surface area (Å²) in [6, 6.07) is 5.79. The quantitative estimate of drug-likeness (QED) is 0.184. The maximum absolute atomic E-state index is 13.5. The molecule has 0 aromatic heterocycles. The molecule has 0 aliphatic carbocycles. The van der Waals surface area contributed by atoms with E-state index in [4.69, 9.17) is 13.0 Å². The van der Waals surface area contributed by atoms with Crippen LogP contribution in [0, 0.1) is 11.6 Å². The number of hydrogen-bond acceptors (Lipinski definition) is 4. The summed E-state index contributed by atoms with van der Waals surface area (Å²) in [6.45, 7) is 0. The molecule has 30 heavy (non-hydrogen) atoms. The summed E-state index contributed by atoms with van der Waals surface area (Å²) in [5.41, 5.74) is -0.00374. The molecule has 0 amide bonds. The summed E-state index contributed by atoms with van der Waals surface area (Å²) < 4.78 is 109. The Hall–Kier alpha value is -3.49. The van der Waals surface area contributed by atoms with Crippen molar-refractivity contribution in [2.75, 3.05) is 14.1 Å². The van der Waals surface area contributed by atoms with Gasteiger partial charge in [-0.25, -0.2) is 17.4 Å². The lowest BCUT2D eigenvalue weighted by Gasteiger charge is -2.06. The predicted octanol–water partition coefficient (Wildman–Crippen LogP) is 5.10. The van der Waals surface area contributed by atoms with E-state index in [1.54, 1.807) is 0 Å². The topological polar surface area (TPSA) is 44.8 Å². The Kier molecular flexibility index (Phi) is 5.58. The van der Waals surface area contributed by atoms with Crippen LogP contribution in [0.4, 0.5) is 17.4 Å². The molecule has 0 saturated carbocycles. The Morgan fingerprint density at radius 3 is 1.97 bits per heavy atom. The molecule has 9 heteroatoms. The summed E-state index contributed by atoms with van der Waals surface area (Å²) in [4.78, 5) is 12.3. The van der Waals surface area contributed by atoms with Gasteiger partial charge in [0.25, 0.3) is 0 Å². The first-order chi connectivity index (χ1) is 16.6. The van der Waals surface area contributed by atoms with E-state index < -0.39 is 50.5 Å². The SMILES string of the molecule is [2H]C([2H])([2H])Oc1cc(F)ccc1/C=C/C(=O)/C=C(/C=C/c1ccc(F)cc1OC([2H])([2H])[2H])OB(F)F. The standard InChI is InChI=1S/C21H17BF4O4/c1-28-20-11-16(23)7-3-14(20)5-9-18(27)13-19(30-22(25)26)10-6-15-4-8-17(24)12-21(15)29-2/h3-13H,1-2H3/b9-5+,10-6+,19-13-/i1D3,2D3. The lowest BCUT2D eigenvalue weighted by Crippen LogP contribution is -2.05. The molecule has 2 aromatic carbocycles. The Morgan fingerprint density at radius 1 is 0.933 bits per heavy atom. The maximum Gasteiger partial charge on any atom is 0.796 e. The average molecular weight is 426 g/mol. The number of methoxy groups -OCH3 is 2. The van der Waals surface area contributed by atoms with E-state index in [2.05, 4.69) is 9.39 Å². The molecule has 4 nitrogen and oxygen atoms in total. The molecule has 0 spiro atoms. The Morgan fingerprint density at radius 2 is 1.47 bits per heavy atom. The van der Waals surface area contributed by atoms with E-state index >= 15 is 0 Å². The Bertz CT molecular complexity index is 1180. The smallest absolute Gasteiger partial charge is 0.505 e. The van der Waals surface area contributed by atoms with Gasteiger partial charge in [0.15, 0.2) is 5.78 Å². The molecule has 0 unspecified atom stereocenters. The van der Waals surface area contributed by atoms with Gasteiger partial charge in [-0.3, -0.25) is 4.79 Å². The van der Waals surface area contributed by atoms with Crippen LogP contribution in [0.25, 0.3) is 12.2 Å². The highest BCUT2D eigenvalue weighted by Gasteiger charge is 2.18. The number of ketones is 1. The van der Waals surface area contributed by atoms with Gasteiger partial charge in [0.05, 0.1) is 22.3 Å². The second-order valence-corrected chi connectivity index (χ2v) is 5.56. The van der Waals surface area contributed by atoms with Crippen molar-refractivity contribution in [1.82, 2.24) is 0 Å². The van der Waals surface area contributed by atoms with Crippen molar-refractivity contribution in [3.05, 3.63) is 83.1 Å². The van der Waals surface area contributed by atoms with Gasteiger partial charge in [0, 0.05) is 29.3 Å². The van der Waals surface area contributed by atoms with Crippen LogP contribution in [0.2, 0.25) is 0 Å². The van der Waals surface area contributed by atoms with Crippen molar-refractivity contribution in [1.29, 1.82) is 0 Å². The molecule has 0 saturated heterocycles. The minimum absolute atomic E-state index is 0.0129. The van der Waals surface area contributed by atoms with Crippen LogP contribution < -0.4 is 9.47 Å². The van der Waals surface area contributed by atoms with Crippen LogP contribution in [-0.4, -0.2) is 27.3 Å². The first kappa shape index (κ1) is 15.4. The highest BCUT2D eigenvalue weighted by molar-refractivity contribution is 6.35. The molecule has 0 atom stereocenters. The third kappa shape index (κ3) is 6.84. The first-order valence-electron chi connectivity index (χ1n) is 11.1. The van der Waals surface area contributed by atoms with Crippen LogP contribution in [0.3, 0.4) is 0 Å². The normalized spacial score (nSPS) is 15.5. The summed E-state index contributed by atoms with van der Waals surface area (Å²) in [6.07, 6.45) is 4.56. The average Bonchev–Trinajstić information content (AvgIpc) is 2.69. The lowest BCUT2D eigenvalue weighted by atomic mass is 10.1. The van der Waals surface area contributed by atoms with E-state index in [0.29, 0.717) is 6.08 Å². The number of hydrogen-bond donors (Lipinski definition) is 0. The second-order valence-electron chi connectivity index (χ2n) is 5.56. The minimum Gasteiger partial charge on any atom is -0.505 e. The van der Waals surface area contributed by atoms with Crippen LogP contribution in [0.5, 0.6) is 11.5 Å². The minimum atomic E-state index is -3.33. The third-order valence-electron chi connectivity index (χ3n) is 3.54. The summed E-state index contributed by atoms with van der Waals surface area (Å²) in [7, 11) is -9.15.